The second-order valence-electron chi connectivity index (χ2n) is 7.26. The van der Waals surface area contributed by atoms with Crippen LogP contribution in [0.25, 0.3) is 0 Å². The molecule has 32 heavy (non-hydrogen) atoms. The summed E-state index contributed by atoms with van der Waals surface area (Å²) in [7, 11) is 0. The number of amides is 2. The van der Waals surface area contributed by atoms with Crippen LogP contribution in [0.3, 0.4) is 0 Å². The Balaban J connectivity index is 1.72. The highest BCUT2D eigenvalue weighted by atomic mass is 32.2. The third-order valence-corrected chi connectivity index (χ3v) is 6.21. The molecule has 0 atom stereocenters. The lowest BCUT2D eigenvalue weighted by atomic mass is 10.1. The van der Waals surface area contributed by atoms with Crippen molar-refractivity contribution in [2.45, 2.75) is 23.6 Å². The number of anilines is 2. The van der Waals surface area contributed by atoms with E-state index in [1.54, 1.807) is 37.3 Å². The number of ether oxygens (including phenoxy) is 1. The van der Waals surface area contributed by atoms with Gasteiger partial charge < -0.3 is 10.1 Å². The lowest BCUT2D eigenvalue weighted by molar-refractivity contribution is -0.114. The molecule has 0 saturated carbocycles. The van der Waals surface area contributed by atoms with E-state index in [9.17, 15) is 14.4 Å². The van der Waals surface area contributed by atoms with Crippen LogP contribution in [0.15, 0.2) is 76.5 Å². The number of benzene rings is 3. The SMILES string of the molecule is CCOC(=O)c1ccc2c(c1)N(CC(=O)Nc1ccccc1C)C(=O)c1ccccc1S2. The predicted molar refractivity (Wildman–Crippen MR) is 124 cm³/mol. The van der Waals surface area contributed by atoms with Gasteiger partial charge in [-0.05, 0) is 55.8 Å². The molecule has 3 aromatic rings. The van der Waals surface area contributed by atoms with Gasteiger partial charge in [-0.2, -0.15) is 0 Å². The number of fused-ring (bicyclic) bond motifs is 2. The van der Waals surface area contributed by atoms with Gasteiger partial charge in [-0.1, -0.05) is 42.1 Å². The summed E-state index contributed by atoms with van der Waals surface area (Å²) in [5.41, 5.74) is 2.95. The molecule has 0 bridgehead atoms. The molecule has 0 spiro atoms. The Morgan fingerprint density at radius 1 is 1.00 bits per heavy atom. The van der Waals surface area contributed by atoms with E-state index in [0.29, 0.717) is 22.5 Å². The number of para-hydroxylation sites is 1. The van der Waals surface area contributed by atoms with Gasteiger partial charge >= 0.3 is 5.97 Å². The van der Waals surface area contributed by atoms with Crippen LogP contribution in [0, 0.1) is 6.92 Å². The average Bonchev–Trinajstić information content (AvgIpc) is 2.90. The monoisotopic (exact) mass is 446 g/mol. The van der Waals surface area contributed by atoms with Crippen LogP contribution in [0.2, 0.25) is 0 Å². The zero-order valence-electron chi connectivity index (χ0n) is 17.8. The maximum absolute atomic E-state index is 13.5. The Hall–Kier alpha value is -3.58. The molecule has 3 aromatic carbocycles. The van der Waals surface area contributed by atoms with Gasteiger partial charge in [0.1, 0.15) is 6.54 Å². The number of aryl methyl sites for hydroxylation is 1. The Bertz CT molecular complexity index is 1210. The van der Waals surface area contributed by atoms with Crippen molar-refractivity contribution < 1.29 is 19.1 Å². The summed E-state index contributed by atoms with van der Waals surface area (Å²) in [4.78, 5) is 41.7. The van der Waals surface area contributed by atoms with Crippen molar-refractivity contribution in [3.05, 3.63) is 83.4 Å². The van der Waals surface area contributed by atoms with Crippen molar-refractivity contribution in [3.8, 4) is 0 Å². The summed E-state index contributed by atoms with van der Waals surface area (Å²) in [5.74, 6) is -1.10. The van der Waals surface area contributed by atoms with Crippen molar-refractivity contribution in [3.63, 3.8) is 0 Å². The van der Waals surface area contributed by atoms with Crippen LogP contribution < -0.4 is 10.2 Å². The molecule has 1 aliphatic heterocycles. The predicted octanol–water partition coefficient (Wildman–Crippen LogP) is 4.92. The number of hydrogen-bond donors (Lipinski definition) is 1. The number of nitrogens with zero attached hydrogens (tertiary/aromatic N) is 1. The van der Waals surface area contributed by atoms with E-state index < -0.39 is 5.97 Å². The molecule has 4 rings (SSSR count). The standard InChI is InChI=1S/C25H22N2O4S/c1-3-31-25(30)17-12-13-22-20(14-17)27(24(29)18-9-5-7-11-21(18)32-22)15-23(28)26-19-10-6-4-8-16(19)2/h4-14H,3,15H2,1-2H3,(H,26,28). The quantitative estimate of drug-likeness (QED) is 0.563. The van der Waals surface area contributed by atoms with Gasteiger partial charge in [0.05, 0.1) is 23.4 Å². The molecule has 0 saturated heterocycles. The topological polar surface area (TPSA) is 75.7 Å². The van der Waals surface area contributed by atoms with E-state index in [1.807, 2.05) is 43.3 Å². The van der Waals surface area contributed by atoms with E-state index in [1.165, 1.54) is 16.7 Å². The lowest BCUT2D eigenvalue weighted by Gasteiger charge is -2.23. The molecule has 6 nitrogen and oxygen atoms in total. The molecule has 1 N–H and O–H groups in total. The van der Waals surface area contributed by atoms with Crippen LogP contribution in [0.1, 0.15) is 33.2 Å². The first-order valence-electron chi connectivity index (χ1n) is 10.2. The number of esters is 1. The summed E-state index contributed by atoms with van der Waals surface area (Å²) in [6.07, 6.45) is 0. The third kappa shape index (κ3) is 4.38. The smallest absolute Gasteiger partial charge is 0.338 e. The van der Waals surface area contributed by atoms with Crippen LogP contribution in [0.5, 0.6) is 0 Å². The summed E-state index contributed by atoms with van der Waals surface area (Å²) >= 11 is 1.43. The van der Waals surface area contributed by atoms with Gasteiger partial charge in [-0.25, -0.2) is 4.79 Å². The highest BCUT2D eigenvalue weighted by Crippen LogP contribution is 2.41. The van der Waals surface area contributed by atoms with Gasteiger partial charge in [0.15, 0.2) is 0 Å². The zero-order valence-corrected chi connectivity index (χ0v) is 18.6. The Kier molecular flexibility index (Phi) is 6.28. The number of hydrogen-bond acceptors (Lipinski definition) is 5. The van der Waals surface area contributed by atoms with Crippen LogP contribution in [-0.2, 0) is 9.53 Å². The van der Waals surface area contributed by atoms with Crippen molar-refractivity contribution >= 4 is 40.9 Å². The van der Waals surface area contributed by atoms with E-state index in [0.717, 1.165) is 15.4 Å². The fourth-order valence-electron chi connectivity index (χ4n) is 3.47. The largest absolute Gasteiger partial charge is 0.462 e. The van der Waals surface area contributed by atoms with Crippen LogP contribution in [-0.4, -0.2) is 30.9 Å². The minimum absolute atomic E-state index is 0.193. The summed E-state index contributed by atoms with van der Waals surface area (Å²) in [6.45, 7) is 3.69. The van der Waals surface area contributed by atoms with Crippen LogP contribution in [0.4, 0.5) is 11.4 Å². The molecule has 7 heteroatoms. The zero-order chi connectivity index (χ0) is 22.7. The third-order valence-electron chi connectivity index (χ3n) is 5.06. The van der Waals surface area contributed by atoms with E-state index >= 15 is 0 Å². The van der Waals surface area contributed by atoms with Gasteiger partial charge in [0, 0.05) is 15.5 Å². The maximum Gasteiger partial charge on any atom is 0.338 e. The Morgan fingerprint density at radius 2 is 1.75 bits per heavy atom. The number of nitrogens with one attached hydrogen (secondary N) is 1. The van der Waals surface area contributed by atoms with Gasteiger partial charge in [-0.15, -0.1) is 0 Å². The number of carbonyl (C=O) groups excluding carboxylic acids is 3. The molecular weight excluding hydrogens is 424 g/mol. The highest BCUT2D eigenvalue weighted by Gasteiger charge is 2.29. The van der Waals surface area contributed by atoms with Gasteiger partial charge in [-0.3, -0.25) is 14.5 Å². The molecule has 0 aliphatic carbocycles. The average molecular weight is 447 g/mol. The Labute approximate surface area is 190 Å². The number of rotatable bonds is 5. The molecule has 162 valence electrons. The fraction of sp³-hybridized carbons (Fsp3) is 0.160. The normalized spacial score (nSPS) is 12.4. The maximum atomic E-state index is 13.5. The summed E-state index contributed by atoms with van der Waals surface area (Å²) in [5, 5.41) is 2.88. The molecule has 1 aliphatic rings. The fourth-order valence-corrected chi connectivity index (χ4v) is 4.52. The van der Waals surface area contributed by atoms with Crippen LogP contribution >= 0.6 is 11.8 Å². The van der Waals surface area contributed by atoms with Crippen molar-refractivity contribution in [1.29, 1.82) is 0 Å². The van der Waals surface area contributed by atoms with E-state index in [-0.39, 0.29) is 25.0 Å². The van der Waals surface area contributed by atoms with Gasteiger partial charge in [0.25, 0.3) is 5.91 Å². The molecule has 2 amide bonds. The van der Waals surface area contributed by atoms with Crippen molar-refractivity contribution in [1.82, 2.24) is 0 Å². The van der Waals surface area contributed by atoms with Crippen molar-refractivity contribution in [2.75, 3.05) is 23.4 Å². The Morgan fingerprint density at radius 3 is 2.53 bits per heavy atom. The van der Waals surface area contributed by atoms with E-state index in [4.69, 9.17) is 4.74 Å². The number of carbonyl (C=O) groups is 3. The highest BCUT2D eigenvalue weighted by molar-refractivity contribution is 7.99. The van der Waals surface area contributed by atoms with Crippen molar-refractivity contribution in [2.24, 2.45) is 0 Å². The molecule has 0 radical (unpaired) electrons. The molecule has 0 aromatic heterocycles. The second kappa shape index (κ2) is 9.28. The minimum atomic E-state index is -0.473. The molecule has 0 unspecified atom stereocenters. The first kappa shape index (κ1) is 21.6. The van der Waals surface area contributed by atoms with Gasteiger partial charge in [0.2, 0.25) is 5.91 Å². The summed E-state index contributed by atoms with van der Waals surface area (Å²) < 4.78 is 5.12. The first-order valence-corrected chi connectivity index (χ1v) is 11.0. The lowest BCUT2D eigenvalue weighted by Crippen LogP contribution is -2.38. The minimum Gasteiger partial charge on any atom is -0.462 e. The molecular formula is C25H22N2O4S. The first-order chi connectivity index (χ1) is 15.5. The second-order valence-corrected chi connectivity index (χ2v) is 8.34. The summed E-state index contributed by atoms with van der Waals surface area (Å²) in [6, 6.07) is 19.8. The molecule has 0 fully saturated rings. The van der Waals surface area contributed by atoms with E-state index in [2.05, 4.69) is 5.32 Å². The molecule has 1 heterocycles.